The molecular weight excluding hydrogens is 306 g/mol. The van der Waals surface area contributed by atoms with Crippen LogP contribution in [0.4, 0.5) is 5.69 Å². The molecule has 0 spiro atoms. The number of hydrogen-bond donors (Lipinski definition) is 1. The first kappa shape index (κ1) is 15.7. The lowest BCUT2D eigenvalue weighted by atomic mass is 10.1. The molecule has 1 N–H and O–H groups in total. The summed E-state index contributed by atoms with van der Waals surface area (Å²) in [4.78, 5) is 16.2. The van der Waals surface area contributed by atoms with Crippen molar-refractivity contribution >= 4 is 29.3 Å². The minimum Gasteiger partial charge on any atom is -0.507 e. The molecule has 0 fully saturated rings. The van der Waals surface area contributed by atoms with Crippen molar-refractivity contribution in [3.63, 3.8) is 0 Å². The fraction of sp³-hybridized carbons (Fsp3) is 0.211. The van der Waals surface area contributed by atoms with Gasteiger partial charge in [-0.3, -0.25) is 4.79 Å². The van der Waals surface area contributed by atoms with Gasteiger partial charge in [0.15, 0.2) is 0 Å². The number of nitrogens with zero attached hydrogens (tertiary/aromatic N) is 1. The number of phenolic OH excluding ortho intramolecular Hbond substituents is 1. The number of carbonyl (C=O) groups is 1. The molecule has 3 nitrogen and oxygen atoms in total. The molecule has 2 aromatic rings. The molecule has 0 aromatic heterocycles. The van der Waals surface area contributed by atoms with Crippen molar-refractivity contribution < 1.29 is 9.90 Å². The molecule has 0 atom stereocenters. The van der Waals surface area contributed by atoms with E-state index in [1.807, 2.05) is 36.4 Å². The number of thioether (sulfide) groups is 1. The molecule has 0 unspecified atom stereocenters. The third-order valence-electron chi connectivity index (χ3n) is 4.00. The molecule has 1 heterocycles. The Bertz CT molecular complexity index is 779. The third-order valence-corrected chi connectivity index (χ3v) is 5.10. The van der Waals surface area contributed by atoms with Gasteiger partial charge in [0.25, 0.3) is 0 Å². The van der Waals surface area contributed by atoms with Crippen LogP contribution in [0.5, 0.6) is 5.75 Å². The molecule has 0 saturated carbocycles. The molecular formula is C19H19NO2S. The Morgan fingerprint density at radius 2 is 1.87 bits per heavy atom. The Kier molecular flexibility index (Phi) is 4.44. The molecule has 3 rings (SSSR count). The zero-order valence-electron chi connectivity index (χ0n) is 13.2. The normalized spacial score (nSPS) is 15.0. The van der Waals surface area contributed by atoms with Crippen LogP contribution in [0.15, 0.2) is 52.3 Å². The van der Waals surface area contributed by atoms with Gasteiger partial charge in [0.05, 0.1) is 4.91 Å². The van der Waals surface area contributed by atoms with Crippen molar-refractivity contribution in [1.29, 1.82) is 0 Å². The van der Waals surface area contributed by atoms with Gasteiger partial charge >= 0.3 is 0 Å². The van der Waals surface area contributed by atoms with Gasteiger partial charge in [-0.2, -0.15) is 0 Å². The molecule has 0 radical (unpaired) electrons. The lowest BCUT2D eigenvalue weighted by Gasteiger charge is -2.21. The van der Waals surface area contributed by atoms with Crippen LogP contribution in [0.3, 0.4) is 0 Å². The van der Waals surface area contributed by atoms with Gasteiger partial charge in [0.2, 0.25) is 5.78 Å². The Labute approximate surface area is 140 Å². The van der Waals surface area contributed by atoms with E-state index in [4.69, 9.17) is 0 Å². The Morgan fingerprint density at radius 3 is 2.52 bits per heavy atom. The lowest BCUT2D eigenvalue weighted by Crippen LogP contribution is -2.21. The van der Waals surface area contributed by atoms with Crippen LogP contribution >= 0.6 is 11.8 Å². The molecule has 0 saturated heterocycles. The molecule has 0 amide bonds. The summed E-state index contributed by atoms with van der Waals surface area (Å²) in [7, 11) is 0. The van der Waals surface area contributed by atoms with Gasteiger partial charge in [-0.05, 0) is 44.2 Å². The van der Waals surface area contributed by atoms with E-state index in [9.17, 15) is 9.90 Å². The van der Waals surface area contributed by atoms with Gasteiger partial charge < -0.3 is 10.0 Å². The monoisotopic (exact) mass is 325 g/mol. The number of ketones is 1. The van der Waals surface area contributed by atoms with E-state index in [0.717, 1.165) is 29.2 Å². The van der Waals surface area contributed by atoms with Crippen LogP contribution in [0.25, 0.3) is 6.08 Å². The highest BCUT2D eigenvalue weighted by Crippen LogP contribution is 2.41. The minimum atomic E-state index is 0.0258. The quantitative estimate of drug-likeness (QED) is 0.836. The zero-order valence-corrected chi connectivity index (χ0v) is 14.1. The maximum absolute atomic E-state index is 12.4. The Balaban J connectivity index is 1.91. The Morgan fingerprint density at radius 1 is 1.13 bits per heavy atom. The van der Waals surface area contributed by atoms with Gasteiger partial charge in [-0.15, -0.1) is 0 Å². The summed E-state index contributed by atoms with van der Waals surface area (Å²) < 4.78 is 0. The summed E-state index contributed by atoms with van der Waals surface area (Å²) in [5.41, 5.74) is 2.40. The fourth-order valence-corrected chi connectivity index (χ4v) is 3.76. The van der Waals surface area contributed by atoms with E-state index in [0.29, 0.717) is 10.5 Å². The van der Waals surface area contributed by atoms with Crippen LogP contribution in [-0.4, -0.2) is 24.0 Å². The second-order valence-corrected chi connectivity index (χ2v) is 6.44. The maximum Gasteiger partial charge on any atom is 0.200 e. The lowest BCUT2D eigenvalue weighted by molar-refractivity contribution is 0.104. The SMILES string of the molecule is CCN(CC)c1ccc(C=C2Sc3ccccc3C2=O)c(O)c1. The highest BCUT2D eigenvalue weighted by molar-refractivity contribution is 8.04. The molecule has 0 bridgehead atoms. The van der Waals surface area contributed by atoms with E-state index in [2.05, 4.69) is 18.7 Å². The number of benzene rings is 2. The van der Waals surface area contributed by atoms with Crippen molar-refractivity contribution in [2.24, 2.45) is 0 Å². The Hall–Kier alpha value is -2.20. The van der Waals surface area contributed by atoms with E-state index < -0.39 is 0 Å². The topological polar surface area (TPSA) is 40.5 Å². The summed E-state index contributed by atoms with van der Waals surface area (Å²) >= 11 is 1.46. The zero-order chi connectivity index (χ0) is 16.4. The smallest absolute Gasteiger partial charge is 0.200 e. The molecule has 0 aliphatic carbocycles. The third kappa shape index (κ3) is 2.99. The van der Waals surface area contributed by atoms with Crippen molar-refractivity contribution in [2.45, 2.75) is 18.7 Å². The first-order valence-electron chi connectivity index (χ1n) is 7.75. The summed E-state index contributed by atoms with van der Waals surface area (Å²) in [5, 5.41) is 10.3. The highest BCUT2D eigenvalue weighted by Gasteiger charge is 2.25. The van der Waals surface area contributed by atoms with E-state index >= 15 is 0 Å². The first-order valence-corrected chi connectivity index (χ1v) is 8.57. The van der Waals surface area contributed by atoms with Crippen molar-refractivity contribution in [1.82, 2.24) is 0 Å². The number of phenols is 1. The molecule has 1 aliphatic rings. The molecule has 2 aromatic carbocycles. The van der Waals surface area contributed by atoms with Crippen molar-refractivity contribution in [3.05, 3.63) is 58.5 Å². The van der Waals surface area contributed by atoms with Crippen molar-refractivity contribution in [3.8, 4) is 5.75 Å². The predicted octanol–water partition coefficient (Wildman–Crippen LogP) is 4.57. The van der Waals surface area contributed by atoms with Gasteiger partial charge in [-0.1, -0.05) is 23.9 Å². The molecule has 4 heteroatoms. The molecule has 118 valence electrons. The van der Waals surface area contributed by atoms with E-state index in [1.165, 1.54) is 11.8 Å². The van der Waals surface area contributed by atoms with Gasteiger partial charge in [0, 0.05) is 40.9 Å². The number of aromatic hydroxyl groups is 1. The number of fused-ring (bicyclic) bond motifs is 1. The number of anilines is 1. The fourth-order valence-electron chi connectivity index (χ4n) is 2.72. The summed E-state index contributed by atoms with van der Waals surface area (Å²) in [6.45, 7) is 5.95. The number of rotatable bonds is 4. The van der Waals surface area contributed by atoms with Crippen molar-refractivity contribution in [2.75, 3.05) is 18.0 Å². The van der Waals surface area contributed by atoms with Gasteiger partial charge in [0.1, 0.15) is 5.75 Å². The highest BCUT2D eigenvalue weighted by atomic mass is 32.2. The van der Waals surface area contributed by atoms with E-state index in [-0.39, 0.29) is 11.5 Å². The average Bonchev–Trinajstić information content (AvgIpc) is 2.88. The van der Waals surface area contributed by atoms with Crippen LogP contribution in [0.2, 0.25) is 0 Å². The van der Waals surface area contributed by atoms with Crippen LogP contribution in [0, 0.1) is 0 Å². The summed E-state index contributed by atoms with van der Waals surface area (Å²) in [6.07, 6.45) is 1.77. The van der Waals surface area contributed by atoms with Crippen LogP contribution < -0.4 is 4.90 Å². The maximum atomic E-state index is 12.4. The molecule has 1 aliphatic heterocycles. The minimum absolute atomic E-state index is 0.0258. The first-order chi connectivity index (χ1) is 11.1. The van der Waals surface area contributed by atoms with E-state index in [1.54, 1.807) is 12.1 Å². The standard InChI is InChI=1S/C19H19NO2S/c1-3-20(4-2)14-10-9-13(16(21)12-14)11-18-19(22)15-7-5-6-8-17(15)23-18/h5-12,21H,3-4H2,1-2H3. The number of hydrogen-bond acceptors (Lipinski definition) is 4. The van der Waals surface area contributed by atoms with Gasteiger partial charge in [-0.25, -0.2) is 0 Å². The van der Waals surface area contributed by atoms with Crippen LogP contribution in [-0.2, 0) is 0 Å². The second kappa shape index (κ2) is 6.50. The molecule has 23 heavy (non-hydrogen) atoms. The summed E-state index contributed by atoms with van der Waals surface area (Å²) in [6, 6.07) is 13.2. The number of allylic oxidation sites excluding steroid dienone is 1. The predicted molar refractivity (Wildman–Crippen MR) is 96.3 cm³/mol. The average molecular weight is 325 g/mol. The van der Waals surface area contributed by atoms with Crippen LogP contribution in [0.1, 0.15) is 29.8 Å². The largest absolute Gasteiger partial charge is 0.507 e. The number of carbonyl (C=O) groups excluding carboxylic acids is 1. The summed E-state index contributed by atoms with van der Waals surface area (Å²) in [5.74, 6) is 0.226. The number of Topliss-reactive ketones (excluding diaryl/α,β-unsaturated/α-hetero) is 1. The second-order valence-electron chi connectivity index (χ2n) is 5.35.